The van der Waals surface area contributed by atoms with Gasteiger partial charge in [0.1, 0.15) is 5.00 Å². The van der Waals surface area contributed by atoms with Crippen LogP contribution in [0.15, 0.2) is 0 Å². The van der Waals surface area contributed by atoms with E-state index < -0.39 is 0 Å². The molecule has 0 aromatic carbocycles. The zero-order valence-corrected chi connectivity index (χ0v) is 10.2. The van der Waals surface area contributed by atoms with Gasteiger partial charge in [0, 0.05) is 4.88 Å². The summed E-state index contributed by atoms with van der Waals surface area (Å²) in [5.41, 5.74) is 7.43. The lowest BCUT2D eigenvalue weighted by Crippen LogP contribution is -2.16. The fourth-order valence-electron chi connectivity index (χ4n) is 1.75. The van der Waals surface area contributed by atoms with Gasteiger partial charge in [-0.2, -0.15) is 0 Å². The molecule has 2 rings (SSSR count). The van der Waals surface area contributed by atoms with Crippen LogP contribution in [-0.2, 0) is 22.5 Å². The number of carbonyl (C=O) groups is 1. The van der Waals surface area contributed by atoms with E-state index in [1.54, 1.807) is 0 Å². The molecule has 0 bridgehead atoms. The molecule has 5 heteroatoms. The Hall–Kier alpha value is -1.07. The van der Waals surface area contributed by atoms with Crippen molar-refractivity contribution < 1.29 is 14.3 Å². The van der Waals surface area contributed by atoms with Gasteiger partial charge in [0.05, 0.1) is 24.9 Å². The van der Waals surface area contributed by atoms with Crippen LogP contribution in [0.4, 0.5) is 5.00 Å². The number of ether oxygens (including phenoxy) is 2. The number of esters is 1. The van der Waals surface area contributed by atoms with Crippen molar-refractivity contribution in [3.8, 4) is 0 Å². The van der Waals surface area contributed by atoms with Crippen LogP contribution in [-0.4, -0.2) is 18.7 Å². The van der Waals surface area contributed by atoms with Crippen LogP contribution in [0.2, 0.25) is 0 Å². The summed E-state index contributed by atoms with van der Waals surface area (Å²) in [4.78, 5) is 12.9. The topological polar surface area (TPSA) is 61.5 Å². The van der Waals surface area contributed by atoms with Crippen molar-refractivity contribution in [1.29, 1.82) is 0 Å². The summed E-state index contributed by atoms with van der Waals surface area (Å²) in [7, 11) is 0. The second kappa shape index (κ2) is 4.43. The normalized spacial score (nSPS) is 14.9. The predicted molar refractivity (Wildman–Crippen MR) is 62.6 cm³/mol. The molecule has 0 unspecified atom stereocenters. The lowest BCUT2D eigenvalue weighted by atomic mass is 10.1. The van der Waals surface area contributed by atoms with E-state index in [4.69, 9.17) is 15.2 Å². The van der Waals surface area contributed by atoms with Crippen LogP contribution in [0.5, 0.6) is 0 Å². The van der Waals surface area contributed by atoms with E-state index in [2.05, 4.69) is 0 Å². The molecule has 16 heavy (non-hydrogen) atoms. The second-order valence-corrected chi connectivity index (χ2v) is 5.14. The molecule has 0 atom stereocenters. The second-order valence-electron chi connectivity index (χ2n) is 4.00. The van der Waals surface area contributed by atoms with E-state index >= 15 is 0 Å². The molecule has 1 aromatic heterocycles. The van der Waals surface area contributed by atoms with Crippen molar-refractivity contribution in [2.45, 2.75) is 33.0 Å². The number of hydrogen-bond acceptors (Lipinski definition) is 5. The van der Waals surface area contributed by atoms with Crippen molar-refractivity contribution in [3.63, 3.8) is 0 Å². The number of thiophene rings is 1. The fourth-order valence-corrected chi connectivity index (χ4v) is 2.79. The largest absolute Gasteiger partial charge is 0.459 e. The third-order valence-corrected chi connectivity index (χ3v) is 3.43. The first-order valence-electron chi connectivity index (χ1n) is 5.28. The molecule has 1 aliphatic heterocycles. The Bertz CT molecular complexity index is 412. The molecule has 0 amide bonds. The lowest BCUT2D eigenvalue weighted by Gasteiger charge is -2.14. The maximum atomic E-state index is 11.9. The summed E-state index contributed by atoms with van der Waals surface area (Å²) in [6.07, 6.45) is 0.619. The third-order valence-electron chi connectivity index (χ3n) is 2.39. The molecule has 88 valence electrons. The SMILES string of the molecule is CC(C)OC(=O)c1c(N)sc2c1CCOC2. The standard InChI is InChI=1S/C11H15NO3S/c1-6(2)15-11(13)9-7-3-4-14-5-8(7)16-10(9)12/h6H,3-5,12H2,1-2H3. The number of anilines is 1. The Morgan fingerprint density at radius 3 is 3.00 bits per heavy atom. The van der Waals surface area contributed by atoms with Gasteiger partial charge >= 0.3 is 5.97 Å². The number of carbonyl (C=O) groups excluding carboxylic acids is 1. The van der Waals surface area contributed by atoms with Crippen molar-refractivity contribution in [3.05, 3.63) is 16.0 Å². The van der Waals surface area contributed by atoms with Crippen molar-refractivity contribution in [2.24, 2.45) is 0 Å². The summed E-state index contributed by atoms with van der Waals surface area (Å²) in [5, 5.41) is 0.543. The molecule has 1 aromatic rings. The van der Waals surface area contributed by atoms with Gasteiger partial charge in [-0.05, 0) is 25.8 Å². The van der Waals surface area contributed by atoms with Crippen LogP contribution < -0.4 is 5.73 Å². The van der Waals surface area contributed by atoms with Crippen LogP contribution in [0.3, 0.4) is 0 Å². The number of nitrogen functional groups attached to an aromatic ring is 1. The van der Waals surface area contributed by atoms with Crippen molar-refractivity contribution >= 4 is 22.3 Å². The molecule has 0 spiro atoms. The van der Waals surface area contributed by atoms with E-state index in [-0.39, 0.29) is 12.1 Å². The van der Waals surface area contributed by atoms with Gasteiger partial charge in [-0.1, -0.05) is 0 Å². The summed E-state index contributed by atoms with van der Waals surface area (Å²) >= 11 is 1.42. The summed E-state index contributed by atoms with van der Waals surface area (Å²) in [6.45, 7) is 4.86. The molecule has 0 saturated heterocycles. The Labute approximate surface area is 98.3 Å². The Morgan fingerprint density at radius 2 is 2.31 bits per heavy atom. The minimum Gasteiger partial charge on any atom is -0.459 e. The van der Waals surface area contributed by atoms with Crippen LogP contribution in [0.1, 0.15) is 34.6 Å². The molecule has 0 radical (unpaired) electrons. The summed E-state index contributed by atoms with van der Waals surface area (Å²) < 4.78 is 10.5. The van der Waals surface area contributed by atoms with Crippen molar-refractivity contribution in [2.75, 3.05) is 12.3 Å². The zero-order valence-electron chi connectivity index (χ0n) is 9.41. The number of fused-ring (bicyclic) bond motifs is 1. The van der Waals surface area contributed by atoms with E-state index in [1.807, 2.05) is 13.8 Å². The molecule has 1 aliphatic rings. The molecular weight excluding hydrogens is 226 g/mol. The van der Waals surface area contributed by atoms with E-state index in [9.17, 15) is 4.79 Å². The minimum absolute atomic E-state index is 0.123. The van der Waals surface area contributed by atoms with Crippen LogP contribution in [0, 0.1) is 0 Å². The predicted octanol–water partition coefficient (Wildman–Crippen LogP) is 1.97. The lowest BCUT2D eigenvalue weighted by molar-refractivity contribution is 0.0376. The van der Waals surface area contributed by atoms with Gasteiger partial charge in [-0.15, -0.1) is 11.3 Å². The van der Waals surface area contributed by atoms with Crippen molar-refractivity contribution in [1.82, 2.24) is 0 Å². The van der Waals surface area contributed by atoms with E-state index in [1.165, 1.54) is 11.3 Å². The molecule has 2 N–H and O–H groups in total. The van der Waals surface area contributed by atoms with Crippen LogP contribution >= 0.6 is 11.3 Å². The van der Waals surface area contributed by atoms with Gasteiger partial charge in [0.25, 0.3) is 0 Å². The van der Waals surface area contributed by atoms with Gasteiger partial charge in [0.2, 0.25) is 0 Å². The van der Waals surface area contributed by atoms with Crippen LogP contribution in [0.25, 0.3) is 0 Å². The molecule has 0 aliphatic carbocycles. The maximum Gasteiger partial charge on any atom is 0.341 e. The highest BCUT2D eigenvalue weighted by molar-refractivity contribution is 7.16. The quantitative estimate of drug-likeness (QED) is 0.804. The molecule has 0 saturated carbocycles. The molecule has 4 nitrogen and oxygen atoms in total. The zero-order chi connectivity index (χ0) is 11.7. The first-order chi connectivity index (χ1) is 7.59. The number of rotatable bonds is 2. The highest BCUT2D eigenvalue weighted by Crippen LogP contribution is 2.34. The van der Waals surface area contributed by atoms with Gasteiger partial charge < -0.3 is 15.2 Å². The smallest absolute Gasteiger partial charge is 0.341 e. The monoisotopic (exact) mass is 241 g/mol. The third kappa shape index (κ3) is 2.05. The Morgan fingerprint density at radius 1 is 1.56 bits per heavy atom. The average molecular weight is 241 g/mol. The summed E-state index contributed by atoms with van der Waals surface area (Å²) in [6, 6.07) is 0. The number of hydrogen-bond donors (Lipinski definition) is 1. The fraction of sp³-hybridized carbons (Fsp3) is 0.545. The highest BCUT2D eigenvalue weighted by Gasteiger charge is 2.25. The minimum atomic E-state index is -0.313. The Balaban J connectivity index is 2.32. The van der Waals surface area contributed by atoms with Gasteiger partial charge in [-0.25, -0.2) is 4.79 Å². The first-order valence-corrected chi connectivity index (χ1v) is 6.10. The van der Waals surface area contributed by atoms with E-state index in [0.717, 1.165) is 16.9 Å². The first kappa shape index (κ1) is 11.4. The number of nitrogens with two attached hydrogens (primary N) is 1. The van der Waals surface area contributed by atoms with Gasteiger partial charge in [0.15, 0.2) is 0 Å². The van der Waals surface area contributed by atoms with Gasteiger partial charge in [-0.3, -0.25) is 0 Å². The highest BCUT2D eigenvalue weighted by atomic mass is 32.1. The molecular formula is C11H15NO3S. The molecule has 0 fully saturated rings. The van der Waals surface area contributed by atoms with E-state index in [0.29, 0.717) is 23.8 Å². The maximum absolute atomic E-state index is 11.9. The Kier molecular flexibility index (Phi) is 3.16. The summed E-state index contributed by atoms with van der Waals surface area (Å²) in [5.74, 6) is -0.313. The average Bonchev–Trinajstić information content (AvgIpc) is 2.52. The molecule has 2 heterocycles.